The van der Waals surface area contributed by atoms with Gasteiger partial charge in [0.25, 0.3) is 0 Å². The molecule has 1 unspecified atom stereocenters. The van der Waals surface area contributed by atoms with Gasteiger partial charge in [0.1, 0.15) is 6.04 Å². The maximum absolute atomic E-state index is 12.3. The quantitative estimate of drug-likeness (QED) is 0.841. The number of hydrogen-bond acceptors (Lipinski definition) is 2. The molecule has 1 heterocycles. The molecule has 3 nitrogen and oxygen atoms in total. The van der Waals surface area contributed by atoms with E-state index in [0.29, 0.717) is 6.54 Å². The molecule has 1 amide bonds. The number of rotatable bonds is 2. The van der Waals surface area contributed by atoms with E-state index < -0.39 is 6.04 Å². The molecule has 0 radical (unpaired) electrons. The van der Waals surface area contributed by atoms with Crippen LogP contribution < -0.4 is 10.6 Å². The minimum absolute atomic E-state index is 0.0573. The van der Waals surface area contributed by atoms with Gasteiger partial charge >= 0.3 is 0 Å². The molecule has 3 rings (SSSR count). The monoisotopic (exact) mass is 394 g/mol. The lowest BCUT2D eigenvalue weighted by atomic mass is 10.1. The Labute approximate surface area is 134 Å². The van der Waals surface area contributed by atoms with Gasteiger partial charge in [-0.25, -0.2) is 0 Å². The number of amides is 1. The van der Waals surface area contributed by atoms with Gasteiger partial charge in [0.15, 0.2) is 0 Å². The number of halogens is 2. The second-order valence-corrected chi connectivity index (χ2v) is 6.57. The minimum Gasteiger partial charge on any atom is -0.316 e. The van der Waals surface area contributed by atoms with Crippen LogP contribution in [0.5, 0.6) is 0 Å². The van der Waals surface area contributed by atoms with Gasteiger partial charge in [-0.1, -0.05) is 50.1 Å². The van der Waals surface area contributed by atoms with Gasteiger partial charge in [0.2, 0.25) is 5.91 Å². The topological polar surface area (TPSA) is 46.3 Å². The first-order valence-corrected chi connectivity index (χ1v) is 7.76. The summed E-state index contributed by atoms with van der Waals surface area (Å²) in [6, 6.07) is 13.1. The molecule has 0 bridgehead atoms. The number of nitrogens with two attached hydrogens (primary N) is 1. The van der Waals surface area contributed by atoms with E-state index in [1.54, 1.807) is 4.90 Å². The maximum Gasteiger partial charge on any atom is 0.248 e. The molecule has 2 aromatic carbocycles. The van der Waals surface area contributed by atoms with Crippen LogP contribution in [-0.4, -0.2) is 5.91 Å². The van der Waals surface area contributed by atoms with Crippen molar-refractivity contribution < 1.29 is 4.79 Å². The molecule has 0 saturated carbocycles. The number of anilines is 1. The van der Waals surface area contributed by atoms with Crippen LogP contribution in [0.4, 0.5) is 5.69 Å². The molecule has 2 N–H and O–H groups in total. The molecule has 1 atom stereocenters. The molecule has 2 aromatic rings. The van der Waals surface area contributed by atoms with E-state index in [0.717, 1.165) is 25.8 Å². The first kappa shape index (κ1) is 13.8. The summed E-state index contributed by atoms with van der Waals surface area (Å²) in [6.07, 6.45) is 0. The standard InChI is InChI=1S/C15H12Br2N2O/c16-10-3-1-2-9(6-10)8-19-13-7-11(17)4-5-12(13)14(18)15(19)20/h1-7,14H,8,18H2. The lowest BCUT2D eigenvalue weighted by Gasteiger charge is -2.18. The first-order chi connectivity index (χ1) is 9.56. The molecule has 0 aromatic heterocycles. The van der Waals surface area contributed by atoms with Crippen LogP contribution in [0.15, 0.2) is 51.4 Å². The third kappa shape index (κ3) is 2.41. The number of carbonyl (C=O) groups excluding carboxylic acids is 1. The highest BCUT2D eigenvalue weighted by atomic mass is 79.9. The summed E-state index contributed by atoms with van der Waals surface area (Å²) < 4.78 is 1.94. The molecular formula is C15H12Br2N2O. The second-order valence-electron chi connectivity index (χ2n) is 4.74. The van der Waals surface area contributed by atoms with E-state index in [2.05, 4.69) is 31.9 Å². The second kappa shape index (κ2) is 5.31. The molecule has 0 saturated heterocycles. The van der Waals surface area contributed by atoms with Crippen molar-refractivity contribution in [3.8, 4) is 0 Å². The summed E-state index contributed by atoms with van der Waals surface area (Å²) in [6.45, 7) is 0.523. The van der Waals surface area contributed by atoms with Gasteiger partial charge in [0.05, 0.1) is 12.2 Å². The van der Waals surface area contributed by atoms with Gasteiger partial charge in [-0.05, 0) is 29.8 Å². The number of benzene rings is 2. The fourth-order valence-corrected chi connectivity index (χ4v) is 3.21. The van der Waals surface area contributed by atoms with Crippen molar-refractivity contribution in [3.63, 3.8) is 0 Å². The predicted molar refractivity (Wildman–Crippen MR) is 86.4 cm³/mol. The van der Waals surface area contributed by atoms with E-state index in [1.807, 2.05) is 42.5 Å². The van der Waals surface area contributed by atoms with Crippen molar-refractivity contribution in [2.75, 3.05) is 4.90 Å². The summed E-state index contributed by atoms with van der Waals surface area (Å²) >= 11 is 6.89. The highest BCUT2D eigenvalue weighted by molar-refractivity contribution is 9.10. The summed E-state index contributed by atoms with van der Waals surface area (Å²) in [7, 11) is 0. The molecule has 5 heteroatoms. The van der Waals surface area contributed by atoms with Crippen molar-refractivity contribution >= 4 is 43.5 Å². The van der Waals surface area contributed by atoms with Gasteiger partial charge in [0, 0.05) is 14.5 Å². The molecular weight excluding hydrogens is 384 g/mol. The van der Waals surface area contributed by atoms with Gasteiger partial charge < -0.3 is 10.6 Å². The van der Waals surface area contributed by atoms with Gasteiger partial charge in [-0.3, -0.25) is 4.79 Å². The average molecular weight is 396 g/mol. The van der Waals surface area contributed by atoms with Crippen molar-refractivity contribution in [1.82, 2.24) is 0 Å². The smallest absolute Gasteiger partial charge is 0.248 e. The molecule has 20 heavy (non-hydrogen) atoms. The van der Waals surface area contributed by atoms with Crippen molar-refractivity contribution in [3.05, 3.63) is 62.5 Å². The van der Waals surface area contributed by atoms with E-state index in [4.69, 9.17) is 5.73 Å². The largest absolute Gasteiger partial charge is 0.316 e. The third-order valence-electron chi connectivity index (χ3n) is 3.38. The van der Waals surface area contributed by atoms with E-state index in [1.165, 1.54) is 0 Å². The molecule has 102 valence electrons. The van der Waals surface area contributed by atoms with Crippen LogP contribution in [0.1, 0.15) is 17.2 Å². The van der Waals surface area contributed by atoms with Crippen LogP contribution in [0.3, 0.4) is 0 Å². The Kier molecular flexibility index (Phi) is 3.67. The van der Waals surface area contributed by atoms with Crippen LogP contribution in [0.2, 0.25) is 0 Å². The third-order valence-corrected chi connectivity index (χ3v) is 4.37. The van der Waals surface area contributed by atoms with E-state index in [9.17, 15) is 4.79 Å². The molecule has 0 spiro atoms. The number of carbonyl (C=O) groups is 1. The van der Waals surface area contributed by atoms with Crippen molar-refractivity contribution in [1.29, 1.82) is 0 Å². The van der Waals surface area contributed by atoms with Crippen LogP contribution in [-0.2, 0) is 11.3 Å². The predicted octanol–water partition coefficient (Wildman–Crippen LogP) is 3.76. The van der Waals surface area contributed by atoms with E-state index in [-0.39, 0.29) is 5.91 Å². The average Bonchev–Trinajstić information content (AvgIpc) is 2.64. The zero-order valence-corrected chi connectivity index (χ0v) is 13.7. The highest BCUT2D eigenvalue weighted by Crippen LogP contribution is 2.37. The number of fused-ring (bicyclic) bond motifs is 1. The Morgan fingerprint density at radius 1 is 1.10 bits per heavy atom. The van der Waals surface area contributed by atoms with Crippen LogP contribution >= 0.6 is 31.9 Å². The Bertz CT molecular complexity index is 687. The lowest BCUT2D eigenvalue weighted by Crippen LogP contribution is -2.31. The molecule has 0 fully saturated rings. The zero-order valence-electron chi connectivity index (χ0n) is 10.5. The fraction of sp³-hybridized carbons (Fsp3) is 0.133. The number of nitrogens with zero attached hydrogens (tertiary/aromatic N) is 1. The summed E-state index contributed by atoms with van der Waals surface area (Å²) in [5.41, 5.74) is 8.83. The van der Waals surface area contributed by atoms with Gasteiger partial charge in [-0.2, -0.15) is 0 Å². The van der Waals surface area contributed by atoms with Crippen molar-refractivity contribution in [2.24, 2.45) is 5.73 Å². The molecule has 1 aliphatic rings. The fourth-order valence-electron chi connectivity index (χ4n) is 2.41. The van der Waals surface area contributed by atoms with Crippen molar-refractivity contribution in [2.45, 2.75) is 12.6 Å². The van der Waals surface area contributed by atoms with Gasteiger partial charge in [-0.15, -0.1) is 0 Å². The Hall–Kier alpha value is -1.17. The van der Waals surface area contributed by atoms with E-state index >= 15 is 0 Å². The minimum atomic E-state index is -0.565. The Morgan fingerprint density at radius 3 is 2.60 bits per heavy atom. The Morgan fingerprint density at radius 2 is 1.85 bits per heavy atom. The first-order valence-electron chi connectivity index (χ1n) is 6.17. The zero-order chi connectivity index (χ0) is 14.3. The number of hydrogen-bond donors (Lipinski definition) is 1. The lowest BCUT2D eigenvalue weighted by molar-refractivity contribution is -0.119. The molecule has 1 aliphatic heterocycles. The summed E-state index contributed by atoms with van der Waals surface area (Å²) in [4.78, 5) is 14.1. The maximum atomic E-state index is 12.3. The summed E-state index contributed by atoms with van der Waals surface area (Å²) in [5, 5.41) is 0. The normalized spacial score (nSPS) is 17.4. The van der Waals surface area contributed by atoms with Crippen LogP contribution in [0.25, 0.3) is 0 Å². The SMILES string of the molecule is NC1C(=O)N(Cc2cccc(Br)c2)c2cc(Br)ccc21. The van der Waals surface area contributed by atoms with Crippen LogP contribution in [0, 0.1) is 0 Å². The molecule has 0 aliphatic carbocycles. The highest BCUT2D eigenvalue weighted by Gasteiger charge is 2.34. The summed E-state index contributed by atoms with van der Waals surface area (Å²) in [5.74, 6) is -0.0573. The Balaban J connectivity index is 1.98.